The molecule has 1 saturated carbocycles. The van der Waals surface area contributed by atoms with E-state index in [1.54, 1.807) is 0 Å². The van der Waals surface area contributed by atoms with Gasteiger partial charge in [-0.2, -0.15) is 0 Å². The van der Waals surface area contributed by atoms with Crippen molar-refractivity contribution < 1.29 is 4.79 Å². The number of benzene rings is 2. The number of aromatic nitrogens is 1. The lowest BCUT2D eigenvalue weighted by Crippen LogP contribution is -2.02. The van der Waals surface area contributed by atoms with E-state index < -0.39 is 0 Å². The van der Waals surface area contributed by atoms with Crippen molar-refractivity contribution in [3.63, 3.8) is 0 Å². The van der Waals surface area contributed by atoms with Crippen molar-refractivity contribution >= 4 is 16.7 Å². The van der Waals surface area contributed by atoms with E-state index in [4.69, 9.17) is 0 Å². The quantitative estimate of drug-likeness (QED) is 0.695. The van der Waals surface area contributed by atoms with Crippen LogP contribution in [0, 0.1) is 5.92 Å². The summed E-state index contributed by atoms with van der Waals surface area (Å²) in [6, 6.07) is 18.2. The number of hydrogen-bond donors (Lipinski definition) is 1. The molecule has 0 bridgehead atoms. The lowest BCUT2D eigenvalue weighted by atomic mass is 9.99. The van der Waals surface area contributed by atoms with Gasteiger partial charge in [0, 0.05) is 16.8 Å². The smallest absolute Gasteiger partial charge is 0.168 e. The monoisotopic (exact) mass is 261 g/mol. The maximum absolute atomic E-state index is 12.7. The molecular weight excluding hydrogens is 246 g/mol. The van der Waals surface area contributed by atoms with Crippen LogP contribution in [0.25, 0.3) is 22.2 Å². The summed E-state index contributed by atoms with van der Waals surface area (Å²) in [5.74, 6) is 0.526. The number of aromatic amines is 1. The Labute approximate surface area is 117 Å². The minimum atomic E-state index is 0.233. The first kappa shape index (κ1) is 11.5. The fraction of sp³-hybridized carbons (Fsp3) is 0.167. The highest BCUT2D eigenvalue weighted by molar-refractivity contribution is 6.14. The minimum Gasteiger partial charge on any atom is -0.354 e. The van der Waals surface area contributed by atoms with Crippen LogP contribution in [-0.4, -0.2) is 10.8 Å². The summed E-state index contributed by atoms with van der Waals surface area (Å²) in [4.78, 5) is 16.1. The molecule has 98 valence electrons. The molecule has 1 fully saturated rings. The van der Waals surface area contributed by atoms with Crippen LogP contribution in [-0.2, 0) is 0 Å². The average molecular weight is 261 g/mol. The first-order valence-electron chi connectivity index (χ1n) is 7.05. The van der Waals surface area contributed by atoms with E-state index in [2.05, 4.69) is 4.98 Å². The number of nitrogens with one attached hydrogen (secondary N) is 1. The second kappa shape index (κ2) is 4.34. The highest BCUT2D eigenvalue weighted by atomic mass is 16.1. The maximum Gasteiger partial charge on any atom is 0.168 e. The van der Waals surface area contributed by atoms with Gasteiger partial charge >= 0.3 is 0 Å². The van der Waals surface area contributed by atoms with E-state index in [-0.39, 0.29) is 5.92 Å². The summed E-state index contributed by atoms with van der Waals surface area (Å²) in [6.45, 7) is 0. The number of fused-ring (bicyclic) bond motifs is 1. The van der Waals surface area contributed by atoms with Crippen molar-refractivity contribution in [2.75, 3.05) is 0 Å². The predicted octanol–water partition coefficient (Wildman–Crippen LogP) is 4.43. The second-order valence-electron chi connectivity index (χ2n) is 5.43. The molecule has 0 unspecified atom stereocenters. The van der Waals surface area contributed by atoms with Crippen molar-refractivity contribution in [1.29, 1.82) is 0 Å². The molecule has 1 aromatic heterocycles. The van der Waals surface area contributed by atoms with Crippen molar-refractivity contribution in [3.8, 4) is 11.3 Å². The number of carbonyl (C=O) groups is 1. The third-order valence-corrected chi connectivity index (χ3v) is 3.96. The summed E-state index contributed by atoms with van der Waals surface area (Å²) < 4.78 is 0. The molecule has 1 aliphatic rings. The average Bonchev–Trinajstić information content (AvgIpc) is 3.27. The number of carbonyl (C=O) groups excluding carboxylic acids is 1. The summed E-state index contributed by atoms with van der Waals surface area (Å²) in [6.07, 6.45) is 2.07. The van der Waals surface area contributed by atoms with Crippen molar-refractivity contribution in [2.45, 2.75) is 12.8 Å². The van der Waals surface area contributed by atoms with Gasteiger partial charge in [-0.1, -0.05) is 48.5 Å². The van der Waals surface area contributed by atoms with E-state index in [0.717, 1.165) is 40.6 Å². The second-order valence-corrected chi connectivity index (χ2v) is 5.43. The van der Waals surface area contributed by atoms with Gasteiger partial charge in [-0.3, -0.25) is 4.79 Å². The third kappa shape index (κ3) is 1.76. The zero-order chi connectivity index (χ0) is 13.5. The lowest BCUT2D eigenvalue weighted by Gasteiger charge is -2.03. The molecular formula is C18H15NO. The molecule has 2 nitrogen and oxygen atoms in total. The van der Waals surface area contributed by atoms with Gasteiger partial charge in [-0.15, -0.1) is 0 Å². The van der Waals surface area contributed by atoms with Gasteiger partial charge in [0.05, 0.1) is 11.3 Å². The first-order valence-corrected chi connectivity index (χ1v) is 7.05. The standard InChI is InChI=1S/C18H15NO/c20-18(13-10-11-13)16-14-8-4-5-9-15(14)19-17(16)12-6-2-1-3-7-12/h1-9,13,19H,10-11H2. The molecule has 1 heterocycles. The Kier molecular flexibility index (Phi) is 2.49. The van der Waals surface area contributed by atoms with Crippen LogP contribution < -0.4 is 0 Å². The van der Waals surface area contributed by atoms with Gasteiger partial charge in [0.25, 0.3) is 0 Å². The number of hydrogen-bond acceptors (Lipinski definition) is 1. The fourth-order valence-electron chi connectivity index (χ4n) is 2.77. The molecule has 1 aliphatic carbocycles. The number of ketones is 1. The normalized spacial score (nSPS) is 14.6. The van der Waals surface area contributed by atoms with E-state index in [1.807, 2.05) is 54.6 Å². The van der Waals surface area contributed by atoms with Gasteiger partial charge < -0.3 is 4.98 Å². The van der Waals surface area contributed by atoms with Gasteiger partial charge in [0.15, 0.2) is 5.78 Å². The Bertz CT molecular complexity index is 782. The summed E-state index contributed by atoms with van der Waals surface area (Å²) in [5.41, 5.74) is 3.95. The van der Waals surface area contributed by atoms with Crippen LogP contribution in [0.5, 0.6) is 0 Å². The number of H-pyrrole nitrogens is 1. The molecule has 0 amide bonds. The lowest BCUT2D eigenvalue weighted by molar-refractivity contribution is 0.0970. The van der Waals surface area contributed by atoms with E-state index in [9.17, 15) is 4.79 Å². The molecule has 0 atom stereocenters. The zero-order valence-corrected chi connectivity index (χ0v) is 11.1. The summed E-state index contributed by atoms with van der Waals surface area (Å²) in [7, 11) is 0. The predicted molar refractivity (Wildman–Crippen MR) is 80.8 cm³/mol. The zero-order valence-electron chi connectivity index (χ0n) is 11.1. The van der Waals surface area contributed by atoms with Gasteiger partial charge in [0.2, 0.25) is 0 Å². The Hall–Kier alpha value is -2.35. The molecule has 0 spiro atoms. The molecule has 0 radical (unpaired) electrons. The molecule has 1 N–H and O–H groups in total. The largest absolute Gasteiger partial charge is 0.354 e. The molecule has 0 aliphatic heterocycles. The molecule has 20 heavy (non-hydrogen) atoms. The SMILES string of the molecule is O=C(c1c(-c2ccccc2)[nH]c2ccccc12)C1CC1. The number of Topliss-reactive ketones (excluding diaryl/α,β-unsaturated/α-hetero) is 1. The van der Waals surface area contributed by atoms with E-state index >= 15 is 0 Å². The van der Waals surface area contributed by atoms with Crippen LogP contribution in [0.1, 0.15) is 23.2 Å². The molecule has 2 heteroatoms. The van der Waals surface area contributed by atoms with Crippen LogP contribution >= 0.6 is 0 Å². The van der Waals surface area contributed by atoms with Crippen molar-refractivity contribution in [1.82, 2.24) is 4.98 Å². The topological polar surface area (TPSA) is 32.9 Å². The van der Waals surface area contributed by atoms with Crippen LogP contribution in [0.3, 0.4) is 0 Å². The van der Waals surface area contributed by atoms with Crippen molar-refractivity contribution in [2.24, 2.45) is 5.92 Å². The summed E-state index contributed by atoms with van der Waals surface area (Å²) in [5, 5.41) is 1.04. The third-order valence-electron chi connectivity index (χ3n) is 3.96. The Morgan fingerprint density at radius 1 is 0.950 bits per heavy atom. The Balaban J connectivity index is 1.99. The van der Waals surface area contributed by atoms with E-state index in [1.165, 1.54) is 0 Å². The van der Waals surface area contributed by atoms with Gasteiger partial charge in [0.1, 0.15) is 0 Å². The van der Waals surface area contributed by atoms with Gasteiger partial charge in [-0.25, -0.2) is 0 Å². The minimum absolute atomic E-state index is 0.233. The Morgan fingerprint density at radius 3 is 2.40 bits per heavy atom. The number of rotatable bonds is 3. The maximum atomic E-state index is 12.7. The fourth-order valence-corrected chi connectivity index (χ4v) is 2.77. The Morgan fingerprint density at radius 2 is 1.65 bits per heavy atom. The molecule has 4 rings (SSSR count). The van der Waals surface area contributed by atoms with Crippen molar-refractivity contribution in [3.05, 3.63) is 60.2 Å². The van der Waals surface area contributed by atoms with Crippen LogP contribution in [0.15, 0.2) is 54.6 Å². The highest BCUT2D eigenvalue weighted by Gasteiger charge is 2.33. The van der Waals surface area contributed by atoms with Crippen LogP contribution in [0.2, 0.25) is 0 Å². The van der Waals surface area contributed by atoms with Gasteiger partial charge in [-0.05, 0) is 24.5 Å². The highest BCUT2D eigenvalue weighted by Crippen LogP contribution is 2.38. The van der Waals surface area contributed by atoms with Crippen LogP contribution in [0.4, 0.5) is 0 Å². The van der Waals surface area contributed by atoms with E-state index in [0.29, 0.717) is 5.78 Å². The molecule has 0 saturated heterocycles. The molecule has 3 aromatic rings. The number of para-hydroxylation sites is 1. The molecule has 2 aromatic carbocycles. The summed E-state index contributed by atoms with van der Waals surface area (Å²) >= 11 is 0. The first-order chi connectivity index (χ1) is 9.84.